The van der Waals surface area contributed by atoms with Gasteiger partial charge in [-0.25, -0.2) is 4.79 Å². The van der Waals surface area contributed by atoms with E-state index in [1.165, 1.54) is 0 Å². The molecule has 0 saturated heterocycles. The molecule has 90 valence electrons. The summed E-state index contributed by atoms with van der Waals surface area (Å²) >= 11 is 0. The minimum Gasteiger partial charge on any atom is -0.423 e. The van der Waals surface area contributed by atoms with Gasteiger partial charge in [0.25, 0.3) is 0 Å². The maximum atomic E-state index is 11.8. The van der Waals surface area contributed by atoms with Crippen LogP contribution in [-0.2, 0) is 9.53 Å². The molecule has 0 aliphatic carbocycles. The van der Waals surface area contributed by atoms with Crippen molar-refractivity contribution in [3.8, 4) is 0 Å². The lowest BCUT2D eigenvalue weighted by atomic mass is 10.2. The quantitative estimate of drug-likeness (QED) is 0.300. The Bertz CT molecular complexity index is 393. The smallest absolute Gasteiger partial charge is 0.343 e. The number of carbonyl (C=O) groups is 1. The molecule has 0 aliphatic rings. The Morgan fingerprint density at radius 2 is 1.82 bits per heavy atom. The predicted octanol–water partition coefficient (Wildman–Crippen LogP) is 3.86. The Labute approximate surface area is 103 Å². The molecule has 0 rings (SSSR count). The Balaban J connectivity index is 4.81. The number of hydrogen-bond donors (Lipinski definition) is 0. The first kappa shape index (κ1) is 14.9. The van der Waals surface area contributed by atoms with Gasteiger partial charge in [0.2, 0.25) is 0 Å². The van der Waals surface area contributed by atoms with Gasteiger partial charge in [-0.05, 0) is 32.1 Å². The number of carbonyl (C=O) groups excluding carboxylic acids is 1. The molecule has 0 aromatic carbocycles. The van der Waals surface area contributed by atoms with Gasteiger partial charge in [0.15, 0.2) is 0 Å². The van der Waals surface area contributed by atoms with Gasteiger partial charge < -0.3 is 4.74 Å². The highest BCUT2D eigenvalue weighted by Crippen LogP contribution is 2.07. The molecule has 0 atom stereocenters. The highest BCUT2D eigenvalue weighted by molar-refractivity contribution is 5.92. The third-order valence-electron chi connectivity index (χ3n) is 1.77. The number of hydrogen-bond acceptors (Lipinski definition) is 2. The van der Waals surface area contributed by atoms with E-state index in [2.05, 4.69) is 13.2 Å². The fraction of sp³-hybridized carbons (Fsp3) is 0.133. The van der Waals surface area contributed by atoms with E-state index in [0.717, 1.165) is 0 Å². The third kappa shape index (κ3) is 6.15. The average molecular weight is 230 g/mol. The van der Waals surface area contributed by atoms with E-state index in [-0.39, 0.29) is 0 Å². The van der Waals surface area contributed by atoms with E-state index in [9.17, 15) is 4.79 Å². The maximum Gasteiger partial charge on any atom is 0.343 e. The minimum absolute atomic E-state index is 0.412. The van der Waals surface area contributed by atoms with Crippen LogP contribution in [0.25, 0.3) is 0 Å². The van der Waals surface area contributed by atoms with Crippen molar-refractivity contribution in [2.45, 2.75) is 13.8 Å². The number of rotatable bonds is 6. The van der Waals surface area contributed by atoms with Crippen LogP contribution in [0.2, 0.25) is 0 Å². The van der Waals surface area contributed by atoms with Crippen LogP contribution in [0.15, 0.2) is 73.1 Å². The van der Waals surface area contributed by atoms with Crippen molar-refractivity contribution in [2.75, 3.05) is 0 Å². The second-order valence-corrected chi connectivity index (χ2v) is 3.03. The van der Waals surface area contributed by atoms with Crippen molar-refractivity contribution in [1.82, 2.24) is 0 Å². The third-order valence-corrected chi connectivity index (χ3v) is 1.77. The zero-order valence-corrected chi connectivity index (χ0v) is 10.3. The van der Waals surface area contributed by atoms with Crippen molar-refractivity contribution in [2.24, 2.45) is 0 Å². The lowest BCUT2D eigenvalue weighted by Crippen LogP contribution is -2.05. The van der Waals surface area contributed by atoms with Crippen LogP contribution in [0, 0.1) is 0 Å². The molecule has 0 unspecified atom stereocenters. The second kappa shape index (κ2) is 9.16. The van der Waals surface area contributed by atoms with Gasteiger partial charge in [-0.1, -0.05) is 43.5 Å². The molecule has 0 fully saturated rings. The van der Waals surface area contributed by atoms with Gasteiger partial charge in [-0.2, -0.15) is 0 Å². The summed E-state index contributed by atoms with van der Waals surface area (Å²) in [6.07, 6.45) is 13.3. The summed E-state index contributed by atoms with van der Waals surface area (Å²) in [5.74, 6) is 0.0687. The average Bonchev–Trinajstić information content (AvgIpc) is 2.33. The van der Waals surface area contributed by atoms with Gasteiger partial charge in [0.1, 0.15) is 5.76 Å². The molecule has 2 heteroatoms. The van der Waals surface area contributed by atoms with Gasteiger partial charge in [0.05, 0.1) is 5.57 Å². The molecule has 0 radical (unpaired) electrons. The van der Waals surface area contributed by atoms with Crippen molar-refractivity contribution in [1.29, 1.82) is 0 Å². The molecule has 0 aromatic rings. The standard InChI is InChI=1S/C15H18O2/c1-5-9-12-14(8-4)17-15(16)13(10-6-2)11-7-3/h5-12H,1-2H2,3-4H3/b11-7-,12-9-,13-10+,14-8+. The van der Waals surface area contributed by atoms with Crippen LogP contribution in [0.4, 0.5) is 0 Å². The lowest BCUT2D eigenvalue weighted by Gasteiger charge is -2.04. The summed E-state index contributed by atoms with van der Waals surface area (Å²) in [6, 6.07) is 0. The van der Waals surface area contributed by atoms with Gasteiger partial charge >= 0.3 is 5.97 Å². The predicted molar refractivity (Wildman–Crippen MR) is 72.3 cm³/mol. The molecular weight excluding hydrogens is 212 g/mol. The summed E-state index contributed by atoms with van der Waals surface area (Å²) in [4.78, 5) is 11.8. The summed E-state index contributed by atoms with van der Waals surface area (Å²) < 4.78 is 5.19. The van der Waals surface area contributed by atoms with Crippen LogP contribution in [0.5, 0.6) is 0 Å². The summed E-state index contributed by atoms with van der Waals surface area (Å²) in [5.41, 5.74) is 0.453. The molecule has 0 aliphatic heterocycles. The first-order valence-corrected chi connectivity index (χ1v) is 5.32. The van der Waals surface area contributed by atoms with Crippen molar-refractivity contribution >= 4 is 5.97 Å². The summed E-state index contributed by atoms with van der Waals surface area (Å²) in [6.45, 7) is 10.7. The Morgan fingerprint density at radius 3 is 2.29 bits per heavy atom. The first-order valence-electron chi connectivity index (χ1n) is 5.32. The second-order valence-electron chi connectivity index (χ2n) is 3.03. The van der Waals surface area contributed by atoms with Crippen molar-refractivity contribution < 1.29 is 9.53 Å². The molecule has 0 spiro atoms. The topological polar surface area (TPSA) is 26.3 Å². The number of ether oxygens (including phenoxy) is 1. The lowest BCUT2D eigenvalue weighted by molar-refractivity contribution is -0.134. The fourth-order valence-electron chi connectivity index (χ4n) is 1.02. The van der Waals surface area contributed by atoms with E-state index in [0.29, 0.717) is 11.3 Å². The largest absolute Gasteiger partial charge is 0.423 e. The zero-order valence-electron chi connectivity index (χ0n) is 10.3. The van der Waals surface area contributed by atoms with E-state index in [1.807, 2.05) is 6.92 Å². The molecule has 0 amide bonds. The molecule has 0 N–H and O–H groups in total. The normalized spacial score (nSPS) is 13.1. The Kier molecular flexibility index (Phi) is 8.03. The van der Waals surface area contributed by atoms with Crippen LogP contribution in [0.3, 0.4) is 0 Å². The van der Waals surface area contributed by atoms with Crippen LogP contribution < -0.4 is 0 Å². The fourth-order valence-corrected chi connectivity index (χ4v) is 1.02. The molecule has 0 aromatic heterocycles. The first-order chi connectivity index (χ1) is 8.19. The molecule has 0 bridgehead atoms. The molecule has 2 nitrogen and oxygen atoms in total. The molecule has 0 heterocycles. The van der Waals surface area contributed by atoms with E-state index in [4.69, 9.17) is 4.74 Å². The Morgan fingerprint density at radius 1 is 1.12 bits per heavy atom. The molecule has 17 heavy (non-hydrogen) atoms. The highest BCUT2D eigenvalue weighted by atomic mass is 16.5. The monoisotopic (exact) mass is 230 g/mol. The van der Waals surface area contributed by atoms with E-state index in [1.54, 1.807) is 55.5 Å². The van der Waals surface area contributed by atoms with E-state index < -0.39 is 5.97 Å². The van der Waals surface area contributed by atoms with Crippen LogP contribution in [0.1, 0.15) is 13.8 Å². The van der Waals surface area contributed by atoms with Crippen LogP contribution >= 0.6 is 0 Å². The number of allylic oxidation sites excluding steroid dienone is 7. The van der Waals surface area contributed by atoms with Gasteiger partial charge in [-0.15, -0.1) is 0 Å². The molecular formula is C15H18O2. The van der Waals surface area contributed by atoms with Gasteiger partial charge in [-0.3, -0.25) is 0 Å². The van der Waals surface area contributed by atoms with Crippen LogP contribution in [-0.4, -0.2) is 5.97 Å². The summed E-state index contributed by atoms with van der Waals surface area (Å²) in [7, 11) is 0. The van der Waals surface area contributed by atoms with Crippen molar-refractivity contribution in [3.63, 3.8) is 0 Å². The minimum atomic E-state index is -0.412. The van der Waals surface area contributed by atoms with Crippen molar-refractivity contribution in [3.05, 3.63) is 73.1 Å². The summed E-state index contributed by atoms with van der Waals surface area (Å²) in [5, 5.41) is 0. The molecule has 0 saturated carbocycles. The number of esters is 1. The van der Waals surface area contributed by atoms with E-state index >= 15 is 0 Å². The maximum absolute atomic E-state index is 11.8. The highest BCUT2D eigenvalue weighted by Gasteiger charge is 2.08. The Hall–Kier alpha value is -2.09. The SMILES string of the molecule is C=C/C=C\C(=C/C)OC(=O)C(/C=C\C)=C/C=C. The van der Waals surface area contributed by atoms with Gasteiger partial charge in [0, 0.05) is 0 Å². The zero-order chi connectivity index (χ0) is 13.1.